The smallest absolute Gasteiger partial charge is 0.298 e. The molecule has 2 aromatic carbocycles. The third-order valence-electron chi connectivity index (χ3n) is 2.28. The van der Waals surface area contributed by atoms with Gasteiger partial charge in [0.2, 0.25) is 0 Å². The van der Waals surface area contributed by atoms with Crippen molar-refractivity contribution in [1.82, 2.24) is 0 Å². The van der Waals surface area contributed by atoms with Gasteiger partial charge in [-0.05, 0) is 35.4 Å². The van der Waals surface area contributed by atoms with Crippen LogP contribution in [0.4, 0.5) is 5.69 Å². The van der Waals surface area contributed by atoms with Gasteiger partial charge in [0.05, 0.1) is 0 Å². The van der Waals surface area contributed by atoms with E-state index >= 15 is 0 Å². The topological polar surface area (TPSA) is 52.3 Å². The minimum atomic E-state index is 0.415. The number of anilines is 1. The summed E-state index contributed by atoms with van der Waals surface area (Å²) >= 11 is 0. The zero-order valence-electron chi connectivity index (χ0n) is 8.59. The van der Waals surface area contributed by atoms with Gasteiger partial charge in [-0.3, -0.25) is 4.79 Å². The molecule has 16 heavy (non-hydrogen) atoms. The van der Waals surface area contributed by atoms with E-state index in [2.05, 4.69) is 0 Å². The summed E-state index contributed by atoms with van der Waals surface area (Å²) in [5, 5.41) is 0. The van der Waals surface area contributed by atoms with Crippen LogP contribution in [0.2, 0.25) is 0 Å². The average Bonchev–Trinajstić information content (AvgIpc) is 2.32. The van der Waals surface area contributed by atoms with Crippen LogP contribution in [0.3, 0.4) is 0 Å². The van der Waals surface area contributed by atoms with E-state index in [0.29, 0.717) is 12.2 Å². The molecule has 0 aromatic heterocycles. The molecular formula is C13H11NO2. The molecule has 0 saturated carbocycles. The Balaban J connectivity index is 2.27. The van der Waals surface area contributed by atoms with Gasteiger partial charge in [0.15, 0.2) is 0 Å². The molecule has 0 aliphatic heterocycles. The second kappa shape index (κ2) is 4.49. The number of hydrogen-bond donors (Lipinski definition) is 1. The summed E-state index contributed by atoms with van der Waals surface area (Å²) in [6.45, 7) is 0.415. The summed E-state index contributed by atoms with van der Waals surface area (Å²) in [5.74, 6) is 0.536. The van der Waals surface area contributed by atoms with Crippen LogP contribution in [0.5, 0.6) is 5.75 Å². The molecule has 2 aromatic rings. The Morgan fingerprint density at radius 2 is 1.38 bits per heavy atom. The van der Waals surface area contributed by atoms with Crippen LogP contribution >= 0.6 is 0 Å². The molecule has 0 radical (unpaired) electrons. The summed E-state index contributed by atoms with van der Waals surface area (Å²) < 4.78 is 4.72. The maximum atomic E-state index is 10.1. The van der Waals surface area contributed by atoms with Crippen LogP contribution < -0.4 is 10.5 Å². The molecule has 0 bridgehead atoms. The van der Waals surface area contributed by atoms with Crippen LogP contribution in [0, 0.1) is 0 Å². The molecule has 0 saturated heterocycles. The number of benzene rings is 2. The quantitative estimate of drug-likeness (QED) is 0.629. The van der Waals surface area contributed by atoms with Gasteiger partial charge in [-0.1, -0.05) is 24.3 Å². The zero-order valence-corrected chi connectivity index (χ0v) is 8.59. The van der Waals surface area contributed by atoms with Crippen LogP contribution in [0.15, 0.2) is 48.5 Å². The van der Waals surface area contributed by atoms with Crippen molar-refractivity contribution in [3.8, 4) is 16.9 Å². The number of rotatable bonds is 3. The Morgan fingerprint density at radius 1 is 0.875 bits per heavy atom. The first-order chi connectivity index (χ1) is 7.79. The summed E-state index contributed by atoms with van der Waals surface area (Å²) in [4.78, 5) is 10.1. The molecule has 80 valence electrons. The Labute approximate surface area is 93.5 Å². The van der Waals surface area contributed by atoms with Gasteiger partial charge in [-0.25, -0.2) is 0 Å². The Morgan fingerprint density at radius 3 is 1.88 bits per heavy atom. The number of carbonyl (C=O) groups excluding carboxylic acids is 1. The lowest BCUT2D eigenvalue weighted by Gasteiger charge is -2.03. The number of nitrogen functional groups attached to an aromatic ring is 1. The van der Waals surface area contributed by atoms with Gasteiger partial charge in [0.1, 0.15) is 5.75 Å². The van der Waals surface area contributed by atoms with Crippen LogP contribution in [0.1, 0.15) is 0 Å². The van der Waals surface area contributed by atoms with E-state index < -0.39 is 0 Å². The third-order valence-corrected chi connectivity index (χ3v) is 2.28. The lowest BCUT2D eigenvalue weighted by Crippen LogP contribution is -1.88. The molecule has 0 unspecified atom stereocenters. The second-order valence-corrected chi connectivity index (χ2v) is 3.36. The highest BCUT2D eigenvalue weighted by molar-refractivity contribution is 5.66. The van der Waals surface area contributed by atoms with E-state index in [4.69, 9.17) is 10.5 Å². The molecule has 0 amide bonds. The van der Waals surface area contributed by atoms with Crippen molar-refractivity contribution in [3.05, 3.63) is 48.5 Å². The molecule has 0 heterocycles. The third kappa shape index (κ3) is 2.20. The molecule has 0 aliphatic carbocycles. The lowest BCUT2D eigenvalue weighted by molar-refractivity contribution is -0.120. The first kappa shape index (κ1) is 10.2. The summed E-state index contributed by atoms with van der Waals surface area (Å²) in [7, 11) is 0. The van der Waals surface area contributed by atoms with Crippen LogP contribution in [0.25, 0.3) is 11.1 Å². The van der Waals surface area contributed by atoms with Gasteiger partial charge in [0, 0.05) is 5.69 Å². The van der Waals surface area contributed by atoms with E-state index in [9.17, 15) is 4.79 Å². The Bertz CT molecular complexity index is 474. The zero-order chi connectivity index (χ0) is 11.4. The van der Waals surface area contributed by atoms with Crippen molar-refractivity contribution in [2.45, 2.75) is 0 Å². The molecule has 0 spiro atoms. The van der Waals surface area contributed by atoms with Gasteiger partial charge in [-0.2, -0.15) is 0 Å². The molecule has 0 fully saturated rings. The largest absolute Gasteiger partial charge is 0.429 e. The fourth-order valence-corrected chi connectivity index (χ4v) is 1.46. The molecule has 0 aliphatic rings. The predicted octanol–water partition coefficient (Wildman–Crippen LogP) is 2.47. The predicted molar refractivity (Wildman–Crippen MR) is 63.0 cm³/mol. The summed E-state index contributed by atoms with van der Waals surface area (Å²) in [5.41, 5.74) is 8.48. The summed E-state index contributed by atoms with van der Waals surface area (Å²) in [6, 6.07) is 14.9. The molecule has 3 nitrogen and oxygen atoms in total. The average molecular weight is 213 g/mol. The highest BCUT2D eigenvalue weighted by Crippen LogP contribution is 2.22. The fourth-order valence-electron chi connectivity index (χ4n) is 1.46. The maximum Gasteiger partial charge on any atom is 0.298 e. The van der Waals surface area contributed by atoms with Crippen molar-refractivity contribution >= 4 is 12.2 Å². The van der Waals surface area contributed by atoms with Crippen molar-refractivity contribution in [2.75, 3.05) is 5.73 Å². The number of nitrogens with two attached hydrogens (primary N) is 1. The standard InChI is InChI=1S/C13H11NO2/c14-12-5-1-10(2-6-12)11-3-7-13(8-4-11)16-9-15/h1-9H,14H2. The van der Waals surface area contributed by atoms with E-state index in [1.54, 1.807) is 12.1 Å². The Kier molecular flexibility index (Phi) is 2.87. The molecule has 3 heteroatoms. The van der Waals surface area contributed by atoms with E-state index in [1.807, 2.05) is 36.4 Å². The summed E-state index contributed by atoms with van der Waals surface area (Å²) in [6.07, 6.45) is 0. The Hall–Kier alpha value is -2.29. The molecule has 2 N–H and O–H groups in total. The number of ether oxygens (including phenoxy) is 1. The van der Waals surface area contributed by atoms with Crippen LogP contribution in [-0.4, -0.2) is 6.47 Å². The van der Waals surface area contributed by atoms with Crippen LogP contribution in [-0.2, 0) is 4.79 Å². The highest BCUT2D eigenvalue weighted by Gasteiger charge is 1.98. The van der Waals surface area contributed by atoms with E-state index in [-0.39, 0.29) is 0 Å². The number of hydrogen-bond acceptors (Lipinski definition) is 3. The van der Waals surface area contributed by atoms with Gasteiger partial charge in [0.25, 0.3) is 6.47 Å². The van der Waals surface area contributed by atoms with Gasteiger partial charge < -0.3 is 10.5 Å². The van der Waals surface area contributed by atoms with Crippen molar-refractivity contribution in [3.63, 3.8) is 0 Å². The second-order valence-electron chi connectivity index (χ2n) is 3.36. The minimum Gasteiger partial charge on any atom is -0.429 e. The van der Waals surface area contributed by atoms with Gasteiger partial charge >= 0.3 is 0 Å². The minimum absolute atomic E-state index is 0.415. The molecular weight excluding hydrogens is 202 g/mol. The fraction of sp³-hybridized carbons (Fsp3) is 0. The normalized spacial score (nSPS) is 9.75. The first-order valence-electron chi connectivity index (χ1n) is 4.86. The lowest BCUT2D eigenvalue weighted by atomic mass is 10.1. The van der Waals surface area contributed by atoms with Crippen molar-refractivity contribution in [2.24, 2.45) is 0 Å². The van der Waals surface area contributed by atoms with Crippen molar-refractivity contribution in [1.29, 1.82) is 0 Å². The molecule has 0 atom stereocenters. The highest BCUT2D eigenvalue weighted by atomic mass is 16.5. The SMILES string of the molecule is Nc1ccc(-c2ccc(OC=O)cc2)cc1. The van der Waals surface area contributed by atoms with E-state index in [0.717, 1.165) is 16.8 Å². The van der Waals surface area contributed by atoms with Crippen molar-refractivity contribution < 1.29 is 9.53 Å². The monoisotopic (exact) mass is 213 g/mol. The van der Waals surface area contributed by atoms with E-state index in [1.165, 1.54) is 0 Å². The first-order valence-corrected chi connectivity index (χ1v) is 4.86. The maximum absolute atomic E-state index is 10.1. The number of carbonyl (C=O) groups is 1. The van der Waals surface area contributed by atoms with Gasteiger partial charge in [-0.15, -0.1) is 0 Å². The molecule has 2 rings (SSSR count).